The van der Waals surface area contributed by atoms with Crippen LogP contribution in [0.2, 0.25) is 0 Å². The van der Waals surface area contributed by atoms with E-state index in [2.05, 4.69) is 5.32 Å². The summed E-state index contributed by atoms with van der Waals surface area (Å²) < 4.78 is 15.4. The Balaban J connectivity index is 3.11. The van der Waals surface area contributed by atoms with Crippen LogP contribution in [0.15, 0.2) is 18.2 Å². The summed E-state index contributed by atoms with van der Waals surface area (Å²) in [6, 6.07) is 4.23. The van der Waals surface area contributed by atoms with E-state index >= 15 is 0 Å². The van der Waals surface area contributed by atoms with E-state index in [-0.39, 0.29) is 36.0 Å². The molecule has 0 spiro atoms. The van der Waals surface area contributed by atoms with Gasteiger partial charge in [-0.25, -0.2) is 9.59 Å². The Labute approximate surface area is 141 Å². The van der Waals surface area contributed by atoms with Crippen molar-refractivity contribution in [1.82, 2.24) is 5.32 Å². The molecule has 0 saturated carbocycles. The topological polar surface area (TPSA) is 90.9 Å². The highest BCUT2D eigenvalue weighted by atomic mass is 16.5. The van der Waals surface area contributed by atoms with Crippen molar-refractivity contribution in [3.63, 3.8) is 0 Å². The normalized spacial score (nSPS) is 11.3. The monoisotopic (exact) mass is 337 g/mol. The van der Waals surface area contributed by atoms with Crippen LogP contribution in [0.5, 0.6) is 5.75 Å². The SMILES string of the molecule is CCNC(=O)C(C)Oc1cc(C(=O)OCC)cc(C(=O)OCC)c1. The smallest absolute Gasteiger partial charge is 0.338 e. The first-order valence-electron chi connectivity index (χ1n) is 7.86. The van der Waals surface area contributed by atoms with Gasteiger partial charge in [-0.05, 0) is 45.9 Å². The molecule has 1 unspecified atom stereocenters. The maximum Gasteiger partial charge on any atom is 0.338 e. The van der Waals surface area contributed by atoms with Crippen molar-refractivity contribution in [2.75, 3.05) is 19.8 Å². The van der Waals surface area contributed by atoms with Crippen molar-refractivity contribution in [3.8, 4) is 5.75 Å². The molecular weight excluding hydrogens is 314 g/mol. The lowest BCUT2D eigenvalue weighted by Crippen LogP contribution is -2.36. The average molecular weight is 337 g/mol. The minimum absolute atomic E-state index is 0.153. The molecule has 1 aromatic carbocycles. The number of likely N-dealkylation sites (N-methyl/N-ethyl adjacent to an activating group) is 1. The number of carbonyl (C=O) groups excluding carboxylic acids is 3. The van der Waals surface area contributed by atoms with Gasteiger partial charge in [0.25, 0.3) is 5.91 Å². The van der Waals surface area contributed by atoms with Crippen LogP contribution >= 0.6 is 0 Å². The summed E-state index contributed by atoms with van der Waals surface area (Å²) in [6.45, 7) is 7.62. The van der Waals surface area contributed by atoms with E-state index < -0.39 is 18.0 Å². The Kier molecular flexibility index (Phi) is 7.74. The van der Waals surface area contributed by atoms with Gasteiger partial charge in [0.2, 0.25) is 0 Å². The number of carbonyl (C=O) groups is 3. The molecular formula is C17H23NO6. The van der Waals surface area contributed by atoms with Gasteiger partial charge in [0.15, 0.2) is 6.10 Å². The molecule has 0 aliphatic heterocycles. The van der Waals surface area contributed by atoms with Gasteiger partial charge in [-0.1, -0.05) is 0 Å². The molecule has 1 aromatic rings. The van der Waals surface area contributed by atoms with Crippen molar-refractivity contribution in [2.45, 2.75) is 33.8 Å². The second-order valence-corrected chi connectivity index (χ2v) is 4.84. The molecule has 0 aromatic heterocycles. The lowest BCUT2D eigenvalue weighted by molar-refractivity contribution is -0.127. The zero-order chi connectivity index (χ0) is 18.1. The number of hydrogen-bond donors (Lipinski definition) is 1. The minimum Gasteiger partial charge on any atom is -0.481 e. The number of ether oxygens (including phenoxy) is 3. The first-order valence-corrected chi connectivity index (χ1v) is 7.86. The van der Waals surface area contributed by atoms with Crippen molar-refractivity contribution in [3.05, 3.63) is 29.3 Å². The fourth-order valence-corrected chi connectivity index (χ4v) is 1.91. The van der Waals surface area contributed by atoms with Crippen LogP contribution in [0, 0.1) is 0 Å². The molecule has 0 bridgehead atoms. The molecule has 1 N–H and O–H groups in total. The Bertz CT molecular complexity index is 562. The standard InChI is InChI=1S/C17H23NO6/c1-5-18-15(19)11(4)24-14-9-12(16(20)22-6-2)8-13(10-14)17(21)23-7-3/h8-11H,5-7H2,1-4H3,(H,18,19). The lowest BCUT2D eigenvalue weighted by Gasteiger charge is -2.15. The summed E-state index contributed by atoms with van der Waals surface area (Å²) in [6.07, 6.45) is -0.780. The average Bonchev–Trinajstić information content (AvgIpc) is 2.55. The molecule has 24 heavy (non-hydrogen) atoms. The highest BCUT2D eigenvalue weighted by molar-refractivity contribution is 5.96. The molecule has 0 saturated heterocycles. The summed E-state index contributed by atoms with van der Waals surface area (Å²) >= 11 is 0. The Morgan fingerprint density at radius 2 is 1.46 bits per heavy atom. The molecule has 132 valence electrons. The predicted octanol–water partition coefficient (Wildman–Crippen LogP) is 1.94. The summed E-state index contributed by atoms with van der Waals surface area (Å²) in [5, 5.41) is 2.63. The summed E-state index contributed by atoms with van der Waals surface area (Å²) in [5.41, 5.74) is 0.306. The van der Waals surface area contributed by atoms with Gasteiger partial charge in [0.05, 0.1) is 24.3 Å². The van der Waals surface area contributed by atoms with Crippen LogP contribution in [0.25, 0.3) is 0 Å². The van der Waals surface area contributed by atoms with Crippen LogP contribution < -0.4 is 10.1 Å². The summed E-state index contributed by atoms with van der Waals surface area (Å²) in [7, 11) is 0. The summed E-state index contributed by atoms with van der Waals surface area (Å²) in [4.78, 5) is 35.7. The highest BCUT2D eigenvalue weighted by Crippen LogP contribution is 2.20. The Morgan fingerprint density at radius 1 is 0.958 bits per heavy atom. The van der Waals surface area contributed by atoms with E-state index in [0.717, 1.165) is 0 Å². The van der Waals surface area contributed by atoms with E-state index in [0.29, 0.717) is 6.54 Å². The minimum atomic E-state index is -0.780. The Hall–Kier alpha value is -2.57. The van der Waals surface area contributed by atoms with E-state index in [1.54, 1.807) is 27.7 Å². The van der Waals surface area contributed by atoms with Crippen LogP contribution in [0.4, 0.5) is 0 Å². The zero-order valence-corrected chi connectivity index (χ0v) is 14.4. The third-order valence-electron chi connectivity index (χ3n) is 2.96. The van der Waals surface area contributed by atoms with Gasteiger partial charge in [0.1, 0.15) is 5.75 Å². The predicted molar refractivity (Wildman–Crippen MR) is 87.1 cm³/mol. The molecule has 1 amide bonds. The van der Waals surface area contributed by atoms with Crippen molar-refractivity contribution >= 4 is 17.8 Å². The fourth-order valence-electron chi connectivity index (χ4n) is 1.91. The van der Waals surface area contributed by atoms with Crippen molar-refractivity contribution < 1.29 is 28.6 Å². The quantitative estimate of drug-likeness (QED) is 0.729. The fraction of sp³-hybridized carbons (Fsp3) is 0.471. The second kappa shape index (κ2) is 9.54. The molecule has 0 aliphatic carbocycles. The van der Waals surface area contributed by atoms with E-state index in [1.165, 1.54) is 18.2 Å². The molecule has 0 heterocycles. The maximum absolute atomic E-state index is 11.9. The molecule has 1 atom stereocenters. The Morgan fingerprint density at radius 3 is 1.88 bits per heavy atom. The molecule has 7 heteroatoms. The van der Waals surface area contributed by atoms with Gasteiger partial charge in [-0.15, -0.1) is 0 Å². The third kappa shape index (κ3) is 5.57. The van der Waals surface area contributed by atoms with Gasteiger partial charge < -0.3 is 19.5 Å². The zero-order valence-electron chi connectivity index (χ0n) is 14.4. The third-order valence-corrected chi connectivity index (χ3v) is 2.96. The second-order valence-electron chi connectivity index (χ2n) is 4.84. The molecule has 0 radical (unpaired) electrons. The van der Waals surface area contributed by atoms with E-state index in [9.17, 15) is 14.4 Å². The van der Waals surface area contributed by atoms with Crippen LogP contribution in [0.1, 0.15) is 48.4 Å². The number of esters is 2. The number of hydrogen-bond acceptors (Lipinski definition) is 6. The van der Waals surface area contributed by atoms with E-state index in [1.807, 2.05) is 0 Å². The van der Waals surface area contributed by atoms with Crippen molar-refractivity contribution in [2.24, 2.45) is 0 Å². The molecule has 0 aliphatic rings. The largest absolute Gasteiger partial charge is 0.481 e. The van der Waals surface area contributed by atoms with Crippen molar-refractivity contribution in [1.29, 1.82) is 0 Å². The first kappa shape index (κ1) is 19.5. The van der Waals surface area contributed by atoms with Crippen LogP contribution in [-0.4, -0.2) is 43.7 Å². The highest BCUT2D eigenvalue weighted by Gasteiger charge is 2.18. The molecule has 7 nitrogen and oxygen atoms in total. The van der Waals surface area contributed by atoms with E-state index in [4.69, 9.17) is 14.2 Å². The van der Waals surface area contributed by atoms with Gasteiger partial charge in [-0.3, -0.25) is 4.79 Å². The first-order chi connectivity index (χ1) is 11.4. The van der Waals surface area contributed by atoms with Crippen LogP contribution in [-0.2, 0) is 14.3 Å². The number of nitrogens with one attached hydrogen (secondary N) is 1. The van der Waals surface area contributed by atoms with Crippen LogP contribution in [0.3, 0.4) is 0 Å². The number of amides is 1. The summed E-state index contributed by atoms with van der Waals surface area (Å²) in [5.74, 6) is -1.25. The lowest BCUT2D eigenvalue weighted by atomic mass is 10.1. The molecule has 0 fully saturated rings. The van der Waals surface area contributed by atoms with Gasteiger partial charge in [-0.2, -0.15) is 0 Å². The van der Waals surface area contributed by atoms with Gasteiger partial charge in [0, 0.05) is 6.54 Å². The van der Waals surface area contributed by atoms with Gasteiger partial charge >= 0.3 is 11.9 Å². The maximum atomic E-state index is 11.9. The number of rotatable bonds is 8. The number of benzene rings is 1. The molecule has 1 rings (SSSR count).